The van der Waals surface area contributed by atoms with Crippen LogP contribution >= 0.6 is 0 Å². The van der Waals surface area contributed by atoms with E-state index in [9.17, 15) is 13.2 Å². The van der Waals surface area contributed by atoms with Crippen LogP contribution < -0.4 is 21.5 Å². The molecule has 1 aromatic carbocycles. The minimum atomic E-state index is -3.97. The van der Waals surface area contributed by atoms with Gasteiger partial charge in [0.05, 0.1) is 5.69 Å². The number of unbranched alkanes of at least 4 members (excludes halogenated alkanes) is 1. The van der Waals surface area contributed by atoms with Gasteiger partial charge in [0, 0.05) is 25.2 Å². The number of urea groups is 1. The molecule has 2 unspecified atom stereocenters. The summed E-state index contributed by atoms with van der Waals surface area (Å²) in [5.41, 5.74) is 15.2. The van der Waals surface area contributed by atoms with Crippen LogP contribution in [0.4, 0.5) is 10.5 Å². The molecule has 208 valence electrons. The zero-order valence-electron chi connectivity index (χ0n) is 23.3. The molecule has 0 aliphatic rings. The van der Waals surface area contributed by atoms with Gasteiger partial charge < -0.3 is 16.8 Å². The SMILES string of the molecule is CCCCN(CC)S(=O)(=O)NC(=O)Nc1c(C(N)CCCC(C)C)cccc1C(N)CCCC(C)C. The molecule has 2 atom stereocenters. The normalized spacial score (nSPS) is 13.9. The number of para-hydroxylation sites is 1. The molecule has 0 spiro atoms. The smallest absolute Gasteiger partial charge is 0.324 e. The van der Waals surface area contributed by atoms with Crippen LogP contribution in [0.2, 0.25) is 0 Å². The number of nitrogens with two attached hydrogens (primary N) is 2. The summed E-state index contributed by atoms with van der Waals surface area (Å²) in [6.07, 6.45) is 7.16. The fraction of sp³-hybridized carbons (Fsp3) is 0.741. The van der Waals surface area contributed by atoms with E-state index in [1.807, 2.05) is 25.1 Å². The average Bonchev–Trinajstić information content (AvgIpc) is 2.78. The quantitative estimate of drug-likeness (QED) is 0.203. The van der Waals surface area contributed by atoms with Gasteiger partial charge in [-0.15, -0.1) is 0 Å². The molecule has 1 aromatic rings. The first kappa shape index (κ1) is 32.3. The van der Waals surface area contributed by atoms with E-state index in [1.54, 1.807) is 6.92 Å². The predicted molar refractivity (Wildman–Crippen MR) is 151 cm³/mol. The number of nitrogens with one attached hydrogen (secondary N) is 2. The minimum absolute atomic E-state index is 0.284. The summed E-state index contributed by atoms with van der Waals surface area (Å²) >= 11 is 0. The first-order valence-corrected chi connectivity index (χ1v) is 15.1. The highest BCUT2D eigenvalue weighted by molar-refractivity contribution is 7.87. The Morgan fingerprint density at radius 1 is 0.889 bits per heavy atom. The number of benzene rings is 1. The van der Waals surface area contributed by atoms with Gasteiger partial charge in [0.25, 0.3) is 0 Å². The first-order valence-electron chi connectivity index (χ1n) is 13.7. The van der Waals surface area contributed by atoms with E-state index in [1.165, 1.54) is 4.31 Å². The van der Waals surface area contributed by atoms with Gasteiger partial charge in [-0.2, -0.15) is 12.7 Å². The van der Waals surface area contributed by atoms with Gasteiger partial charge in [-0.25, -0.2) is 9.52 Å². The lowest BCUT2D eigenvalue weighted by Crippen LogP contribution is -2.45. The predicted octanol–water partition coefficient (Wildman–Crippen LogP) is 5.83. The Balaban J connectivity index is 3.20. The Hall–Kier alpha value is -1.68. The molecule has 0 radical (unpaired) electrons. The standard InChI is InChI=1S/C27H51N5O3S/c1-7-9-19-32(8-2)36(34,35)31-27(33)30-26-22(24(28)17-10-13-20(3)4)15-12-16-23(26)25(29)18-11-14-21(5)6/h12,15-16,20-21,24-25H,7-11,13-14,17-19,28-29H2,1-6H3,(H2,30,31,33). The van der Waals surface area contributed by atoms with Gasteiger partial charge in [-0.1, -0.05) is 91.8 Å². The molecule has 6 N–H and O–H groups in total. The minimum Gasteiger partial charge on any atom is -0.324 e. The molecule has 0 saturated carbocycles. The maximum Gasteiger partial charge on any atom is 0.333 e. The lowest BCUT2D eigenvalue weighted by Gasteiger charge is -2.25. The second-order valence-electron chi connectivity index (χ2n) is 10.6. The maximum absolute atomic E-state index is 13.0. The highest BCUT2D eigenvalue weighted by Crippen LogP contribution is 2.33. The third-order valence-corrected chi connectivity index (χ3v) is 8.00. The Morgan fingerprint density at radius 3 is 1.81 bits per heavy atom. The van der Waals surface area contributed by atoms with Crippen molar-refractivity contribution < 1.29 is 13.2 Å². The molecule has 1 rings (SSSR count). The molecule has 8 nitrogen and oxygen atoms in total. The summed E-state index contributed by atoms with van der Waals surface area (Å²) in [6.45, 7) is 13.1. The fourth-order valence-corrected chi connectivity index (χ4v) is 5.38. The lowest BCUT2D eigenvalue weighted by molar-refractivity contribution is 0.255. The van der Waals surface area contributed by atoms with Crippen molar-refractivity contribution in [1.82, 2.24) is 9.03 Å². The van der Waals surface area contributed by atoms with Crippen molar-refractivity contribution in [2.24, 2.45) is 23.3 Å². The van der Waals surface area contributed by atoms with E-state index >= 15 is 0 Å². The van der Waals surface area contributed by atoms with Crippen LogP contribution in [0.1, 0.15) is 116 Å². The van der Waals surface area contributed by atoms with E-state index < -0.39 is 16.2 Å². The molecule has 2 amide bonds. The van der Waals surface area contributed by atoms with Gasteiger partial charge in [-0.3, -0.25) is 0 Å². The van der Waals surface area contributed by atoms with Crippen molar-refractivity contribution in [3.63, 3.8) is 0 Å². The number of rotatable bonds is 17. The van der Waals surface area contributed by atoms with Crippen molar-refractivity contribution >= 4 is 21.9 Å². The summed E-state index contributed by atoms with van der Waals surface area (Å²) in [5.74, 6) is 1.17. The summed E-state index contributed by atoms with van der Waals surface area (Å²) in [7, 11) is -3.97. The Labute approximate surface area is 220 Å². The van der Waals surface area contributed by atoms with Crippen molar-refractivity contribution in [3.05, 3.63) is 29.3 Å². The highest BCUT2D eigenvalue weighted by atomic mass is 32.2. The van der Waals surface area contributed by atoms with Gasteiger partial charge >= 0.3 is 16.2 Å². The second-order valence-corrected chi connectivity index (χ2v) is 12.3. The summed E-state index contributed by atoms with van der Waals surface area (Å²) in [5, 5.41) is 2.81. The molecule has 9 heteroatoms. The van der Waals surface area contributed by atoms with E-state index in [0.717, 1.165) is 62.5 Å². The number of carbonyl (C=O) groups is 1. The van der Waals surface area contributed by atoms with Crippen molar-refractivity contribution in [2.75, 3.05) is 18.4 Å². The van der Waals surface area contributed by atoms with Gasteiger partial charge in [0.1, 0.15) is 0 Å². The molecule has 0 bridgehead atoms. The monoisotopic (exact) mass is 525 g/mol. The zero-order valence-corrected chi connectivity index (χ0v) is 24.2. The fourth-order valence-electron chi connectivity index (χ4n) is 4.26. The Kier molecular flexibility index (Phi) is 14.6. The second kappa shape index (κ2) is 16.2. The van der Waals surface area contributed by atoms with E-state index in [2.05, 4.69) is 37.7 Å². The molecule has 0 aliphatic carbocycles. The van der Waals surface area contributed by atoms with E-state index in [4.69, 9.17) is 11.5 Å². The maximum atomic E-state index is 13.0. The molecule has 0 aromatic heterocycles. The van der Waals surface area contributed by atoms with Crippen molar-refractivity contribution in [2.45, 2.75) is 105 Å². The van der Waals surface area contributed by atoms with Crippen molar-refractivity contribution in [3.8, 4) is 0 Å². The van der Waals surface area contributed by atoms with Crippen molar-refractivity contribution in [1.29, 1.82) is 0 Å². The summed E-state index contributed by atoms with van der Waals surface area (Å²) in [6, 6.07) is 4.31. The summed E-state index contributed by atoms with van der Waals surface area (Å²) < 4.78 is 29.1. The Morgan fingerprint density at radius 2 is 1.39 bits per heavy atom. The van der Waals surface area contributed by atoms with Crippen LogP contribution in [0.3, 0.4) is 0 Å². The van der Waals surface area contributed by atoms with Gasteiger partial charge in [0.15, 0.2) is 0 Å². The molecule has 0 aliphatic heterocycles. The molecular weight excluding hydrogens is 474 g/mol. The van der Waals surface area contributed by atoms with E-state index in [0.29, 0.717) is 24.1 Å². The topological polar surface area (TPSA) is 131 Å². The number of hydrogen-bond acceptors (Lipinski definition) is 5. The van der Waals surface area contributed by atoms with Gasteiger partial charge in [0.2, 0.25) is 0 Å². The third kappa shape index (κ3) is 11.2. The number of nitrogens with zero attached hydrogens (tertiary/aromatic N) is 1. The zero-order chi connectivity index (χ0) is 27.3. The summed E-state index contributed by atoms with van der Waals surface area (Å²) in [4.78, 5) is 13.0. The third-order valence-electron chi connectivity index (χ3n) is 6.43. The van der Waals surface area contributed by atoms with Crippen LogP contribution in [0.15, 0.2) is 18.2 Å². The largest absolute Gasteiger partial charge is 0.333 e. The van der Waals surface area contributed by atoms with Crippen LogP contribution in [0, 0.1) is 11.8 Å². The molecule has 0 fully saturated rings. The highest BCUT2D eigenvalue weighted by Gasteiger charge is 2.25. The number of anilines is 1. The van der Waals surface area contributed by atoms with Crippen LogP contribution in [-0.4, -0.2) is 31.8 Å². The number of carbonyl (C=O) groups excluding carboxylic acids is 1. The van der Waals surface area contributed by atoms with E-state index in [-0.39, 0.29) is 18.6 Å². The lowest BCUT2D eigenvalue weighted by atomic mass is 9.91. The molecule has 0 saturated heterocycles. The number of amides is 2. The number of hydrogen-bond donors (Lipinski definition) is 4. The molecule has 36 heavy (non-hydrogen) atoms. The van der Waals surface area contributed by atoms with Gasteiger partial charge in [-0.05, 0) is 42.2 Å². The van der Waals surface area contributed by atoms with Crippen LogP contribution in [0.25, 0.3) is 0 Å². The average molecular weight is 526 g/mol. The van der Waals surface area contributed by atoms with Crippen LogP contribution in [-0.2, 0) is 10.2 Å². The van der Waals surface area contributed by atoms with Crippen LogP contribution in [0.5, 0.6) is 0 Å². The Bertz CT molecular complexity index is 851. The first-order chi connectivity index (χ1) is 16.9. The molecular formula is C27H51N5O3S. The molecule has 0 heterocycles.